The highest BCUT2D eigenvalue weighted by molar-refractivity contribution is 9.10. The van der Waals surface area contributed by atoms with Crippen LogP contribution in [0.1, 0.15) is 24.5 Å². The highest BCUT2D eigenvalue weighted by atomic mass is 79.9. The second-order valence-corrected chi connectivity index (χ2v) is 9.27. The van der Waals surface area contributed by atoms with Crippen LogP contribution in [-0.4, -0.2) is 8.42 Å². The fourth-order valence-electron chi connectivity index (χ4n) is 2.96. The first-order valence-electron chi connectivity index (χ1n) is 8.64. The summed E-state index contributed by atoms with van der Waals surface area (Å²) in [4.78, 5) is 0.360. The largest absolute Gasteiger partial charge is 0.223 e. The first-order valence-corrected chi connectivity index (χ1v) is 11.1. The maximum absolute atomic E-state index is 12.8. The van der Waals surface area contributed by atoms with E-state index in [4.69, 9.17) is 0 Å². The van der Waals surface area contributed by atoms with Gasteiger partial charge in [-0.15, -0.1) is 0 Å². The van der Waals surface area contributed by atoms with Crippen molar-refractivity contribution in [1.29, 1.82) is 0 Å². The van der Waals surface area contributed by atoms with Crippen LogP contribution in [0.3, 0.4) is 0 Å². The Morgan fingerprint density at radius 3 is 2.00 bits per heavy atom. The number of sulfone groups is 1. The molecule has 4 heteroatoms. The molecule has 2 nitrogen and oxygen atoms in total. The smallest absolute Gasteiger partial charge is 0.182 e. The molecule has 0 saturated carbocycles. The SMILES string of the molecule is CCCc1cccc(CS(=O)(=O)c2ccc(-c3ccc(Br)cc3)cc2)c1. The standard InChI is InChI=1S/C22H21BrO2S/c1-2-4-17-5-3-6-18(15-17)16-26(24,25)22-13-9-20(10-14-22)19-7-11-21(23)12-8-19/h3,5-15H,2,4,16H2,1H3. The third-order valence-corrected chi connectivity index (χ3v) is 6.51. The predicted octanol–water partition coefficient (Wildman–Crippen LogP) is 6.04. The Morgan fingerprint density at radius 2 is 1.38 bits per heavy atom. The quantitative estimate of drug-likeness (QED) is 0.479. The molecule has 0 saturated heterocycles. The van der Waals surface area contributed by atoms with Crippen molar-refractivity contribution in [3.63, 3.8) is 0 Å². The predicted molar refractivity (Wildman–Crippen MR) is 111 cm³/mol. The van der Waals surface area contributed by atoms with Crippen molar-refractivity contribution in [2.45, 2.75) is 30.4 Å². The number of hydrogen-bond donors (Lipinski definition) is 0. The normalized spacial score (nSPS) is 11.5. The molecule has 0 N–H and O–H groups in total. The van der Waals surface area contributed by atoms with E-state index in [0.29, 0.717) is 4.90 Å². The van der Waals surface area contributed by atoms with Crippen LogP contribution in [0, 0.1) is 0 Å². The van der Waals surface area contributed by atoms with Crippen molar-refractivity contribution in [2.24, 2.45) is 0 Å². The van der Waals surface area contributed by atoms with Gasteiger partial charge >= 0.3 is 0 Å². The van der Waals surface area contributed by atoms with Gasteiger partial charge in [0.25, 0.3) is 0 Å². The molecule has 134 valence electrons. The zero-order chi connectivity index (χ0) is 18.6. The minimum Gasteiger partial charge on any atom is -0.223 e. The third-order valence-electron chi connectivity index (χ3n) is 4.28. The summed E-state index contributed by atoms with van der Waals surface area (Å²) >= 11 is 3.42. The first kappa shape index (κ1) is 18.9. The van der Waals surface area contributed by atoms with Crippen molar-refractivity contribution in [3.05, 3.63) is 88.4 Å². The van der Waals surface area contributed by atoms with Gasteiger partial charge in [0, 0.05) is 4.47 Å². The molecule has 0 bridgehead atoms. The first-order chi connectivity index (χ1) is 12.5. The molecule has 0 aliphatic heterocycles. The van der Waals surface area contributed by atoms with Crippen LogP contribution in [0.2, 0.25) is 0 Å². The summed E-state index contributed by atoms with van der Waals surface area (Å²) in [6.07, 6.45) is 2.02. The van der Waals surface area contributed by atoms with E-state index in [1.807, 2.05) is 60.7 Å². The molecule has 3 aromatic rings. The molecule has 0 spiro atoms. The molecule has 0 aliphatic rings. The van der Waals surface area contributed by atoms with E-state index in [1.165, 1.54) is 5.56 Å². The van der Waals surface area contributed by atoms with E-state index in [9.17, 15) is 8.42 Å². The molecular weight excluding hydrogens is 408 g/mol. The van der Waals surface area contributed by atoms with Crippen LogP contribution >= 0.6 is 15.9 Å². The van der Waals surface area contributed by atoms with Crippen molar-refractivity contribution < 1.29 is 8.42 Å². The Labute approximate surface area is 163 Å². The monoisotopic (exact) mass is 428 g/mol. The van der Waals surface area contributed by atoms with E-state index in [-0.39, 0.29) is 5.75 Å². The summed E-state index contributed by atoms with van der Waals surface area (Å²) in [5, 5.41) is 0. The summed E-state index contributed by atoms with van der Waals surface area (Å²) in [5.41, 5.74) is 4.09. The minimum absolute atomic E-state index is 0.0299. The third kappa shape index (κ3) is 4.63. The Kier molecular flexibility index (Phi) is 5.94. The lowest BCUT2D eigenvalue weighted by molar-refractivity contribution is 0.595. The van der Waals surface area contributed by atoms with Crippen LogP contribution < -0.4 is 0 Å². The summed E-state index contributed by atoms with van der Waals surface area (Å²) in [6.45, 7) is 2.12. The molecule has 3 rings (SSSR count). The van der Waals surface area contributed by atoms with Crippen LogP contribution in [0.15, 0.2) is 82.2 Å². The molecule has 0 amide bonds. The number of rotatable bonds is 6. The molecule has 0 radical (unpaired) electrons. The fourth-order valence-corrected chi connectivity index (χ4v) is 4.56. The summed E-state index contributed by atoms with van der Waals surface area (Å²) in [7, 11) is -3.36. The fraction of sp³-hybridized carbons (Fsp3) is 0.182. The van der Waals surface area contributed by atoms with E-state index >= 15 is 0 Å². The van der Waals surface area contributed by atoms with Gasteiger partial charge in [-0.2, -0.15) is 0 Å². The Balaban J connectivity index is 1.81. The van der Waals surface area contributed by atoms with E-state index < -0.39 is 9.84 Å². The molecule has 0 fully saturated rings. The van der Waals surface area contributed by atoms with Gasteiger partial charge in [-0.05, 0) is 52.9 Å². The summed E-state index contributed by atoms with van der Waals surface area (Å²) < 4.78 is 26.5. The number of aryl methyl sites for hydroxylation is 1. The second-order valence-electron chi connectivity index (χ2n) is 6.36. The zero-order valence-electron chi connectivity index (χ0n) is 14.7. The highest BCUT2D eigenvalue weighted by Gasteiger charge is 2.15. The minimum atomic E-state index is -3.36. The Morgan fingerprint density at radius 1 is 0.808 bits per heavy atom. The van der Waals surface area contributed by atoms with Gasteiger partial charge in [-0.3, -0.25) is 0 Å². The Hall–Kier alpha value is -1.91. The topological polar surface area (TPSA) is 34.1 Å². The maximum atomic E-state index is 12.8. The zero-order valence-corrected chi connectivity index (χ0v) is 17.1. The van der Waals surface area contributed by atoms with Gasteiger partial charge in [0.2, 0.25) is 0 Å². The molecule has 0 heterocycles. The lowest BCUT2D eigenvalue weighted by atomic mass is 10.1. The summed E-state index contributed by atoms with van der Waals surface area (Å²) in [5.74, 6) is 0.0299. The maximum Gasteiger partial charge on any atom is 0.182 e. The lowest BCUT2D eigenvalue weighted by Gasteiger charge is -2.08. The van der Waals surface area contributed by atoms with Gasteiger partial charge in [-0.25, -0.2) is 8.42 Å². The van der Waals surface area contributed by atoms with Crippen LogP contribution in [0.25, 0.3) is 11.1 Å². The molecule has 0 atom stereocenters. The van der Waals surface area contributed by atoms with Crippen LogP contribution in [0.5, 0.6) is 0 Å². The number of hydrogen-bond acceptors (Lipinski definition) is 2. The number of benzene rings is 3. The van der Waals surface area contributed by atoms with E-state index in [1.54, 1.807) is 12.1 Å². The van der Waals surface area contributed by atoms with Crippen molar-refractivity contribution in [2.75, 3.05) is 0 Å². The van der Waals surface area contributed by atoms with Crippen LogP contribution in [-0.2, 0) is 22.0 Å². The molecular formula is C22H21BrO2S. The van der Waals surface area contributed by atoms with Gasteiger partial charge in [0.15, 0.2) is 9.84 Å². The van der Waals surface area contributed by atoms with E-state index in [0.717, 1.165) is 34.0 Å². The van der Waals surface area contributed by atoms with Crippen molar-refractivity contribution in [3.8, 4) is 11.1 Å². The van der Waals surface area contributed by atoms with Crippen LogP contribution in [0.4, 0.5) is 0 Å². The second kappa shape index (κ2) is 8.19. The van der Waals surface area contributed by atoms with Gasteiger partial charge in [-0.1, -0.05) is 77.8 Å². The van der Waals surface area contributed by atoms with Crippen molar-refractivity contribution >= 4 is 25.8 Å². The molecule has 0 unspecified atom stereocenters. The average Bonchev–Trinajstić information content (AvgIpc) is 2.63. The Bertz CT molecular complexity index is 975. The van der Waals surface area contributed by atoms with Gasteiger partial charge < -0.3 is 0 Å². The van der Waals surface area contributed by atoms with Gasteiger partial charge in [0.1, 0.15) is 0 Å². The lowest BCUT2D eigenvalue weighted by Crippen LogP contribution is -2.05. The highest BCUT2D eigenvalue weighted by Crippen LogP contribution is 2.25. The number of halogens is 1. The summed E-state index contributed by atoms with van der Waals surface area (Å²) in [6, 6.07) is 23.0. The van der Waals surface area contributed by atoms with Gasteiger partial charge in [0.05, 0.1) is 10.6 Å². The molecule has 0 aromatic heterocycles. The molecule has 26 heavy (non-hydrogen) atoms. The van der Waals surface area contributed by atoms with Crippen molar-refractivity contribution in [1.82, 2.24) is 0 Å². The van der Waals surface area contributed by atoms with E-state index in [2.05, 4.69) is 22.9 Å². The molecule has 3 aromatic carbocycles. The average molecular weight is 429 g/mol. The molecule has 0 aliphatic carbocycles.